The van der Waals surface area contributed by atoms with Gasteiger partial charge in [0.2, 0.25) is 0 Å². The lowest BCUT2D eigenvalue weighted by Gasteiger charge is -2.27. The summed E-state index contributed by atoms with van der Waals surface area (Å²) in [7, 11) is 0. The predicted molar refractivity (Wildman–Crippen MR) is 124 cm³/mol. The standard InChI is InChI=1S/C24H25ClN4O2/c1-17-15-20(9-10-21(17)25)31-16-24(30)26-19-7-5-18(6-8-19)22-11-12-23(28-27-22)29-13-3-2-4-14-29/h5-12,15H,2-4,13-14,16H2,1H3,(H,26,30). The zero-order valence-corrected chi connectivity index (χ0v) is 18.2. The lowest BCUT2D eigenvalue weighted by molar-refractivity contribution is -0.118. The minimum absolute atomic E-state index is 0.0771. The highest BCUT2D eigenvalue weighted by Crippen LogP contribution is 2.23. The Morgan fingerprint density at radius 1 is 1.03 bits per heavy atom. The number of anilines is 2. The maximum atomic E-state index is 12.2. The van der Waals surface area contributed by atoms with E-state index in [0.29, 0.717) is 16.5 Å². The fourth-order valence-electron chi connectivity index (χ4n) is 3.55. The molecule has 1 N–H and O–H groups in total. The van der Waals surface area contributed by atoms with Crippen molar-refractivity contribution < 1.29 is 9.53 Å². The van der Waals surface area contributed by atoms with Crippen LogP contribution in [0.5, 0.6) is 5.75 Å². The largest absolute Gasteiger partial charge is 0.484 e. The van der Waals surface area contributed by atoms with E-state index in [9.17, 15) is 4.79 Å². The predicted octanol–water partition coefficient (Wildman–Crippen LogP) is 5.11. The molecule has 0 unspecified atom stereocenters. The molecule has 0 aliphatic carbocycles. The van der Waals surface area contributed by atoms with Crippen LogP contribution in [0.4, 0.5) is 11.5 Å². The number of aromatic nitrogens is 2. The van der Waals surface area contributed by atoms with Gasteiger partial charge in [-0.25, -0.2) is 0 Å². The molecule has 2 heterocycles. The Morgan fingerprint density at radius 3 is 2.48 bits per heavy atom. The first-order valence-electron chi connectivity index (χ1n) is 10.5. The van der Waals surface area contributed by atoms with Gasteiger partial charge < -0.3 is 15.0 Å². The molecule has 0 atom stereocenters. The van der Waals surface area contributed by atoms with Gasteiger partial charge in [0.15, 0.2) is 12.4 Å². The second-order valence-corrected chi connectivity index (χ2v) is 8.06. The molecule has 2 aromatic carbocycles. The summed E-state index contributed by atoms with van der Waals surface area (Å²) >= 11 is 6.01. The van der Waals surface area contributed by atoms with E-state index in [-0.39, 0.29) is 12.5 Å². The van der Waals surface area contributed by atoms with Gasteiger partial charge in [0, 0.05) is 29.4 Å². The van der Waals surface area contributed by atoms with Crippen LogP contribution in [-0.2, 0) is 4.79 Å². The van der Waals surface area contributed by atoms with Gasteiger partial charge in [-0.3, -0.25) is 4.79 Å². The van der Waals surface area contributed by atoms with Gasteiger partial charge in [0.25, 0.3) is 5.91 Å². The minimum Gasteiger partial charge on any atom is -0.484 e. The number of aryl methyl sites for hydroxylation is 1. The molecule has 1 aromatic heterocycles. The maximum absolute atomic E-state index is 12.2. The number of nitrogens with zero attached hydrogens (tertiary/aromatic N) is 3. The van der Waals surface area contributed by atoms with Crippen molar-refractivity contribution in [2.45, 2.75) is 26.2 Å². The number of ether oxygens (including phenoxy) is 1. The molecule has 1 amide bonds. The summed E-state index contributed by atoms with van der Waals surface area (Å²) in [6.07, 6.45) is 3.71. The van der Waals surface area contributed by atoms with Gasteiger partial charge >= 0.3 is 0 Å². The van der Waals surface area contributed by atoms with Crippen molar-refractivity contribution in [3.63, 3.8) is 0 Å². The topological polar surface area (TPSA) is 67.3 Å². The molecule has 0 spiro atoms. The van der Waals surface area contributed by atoms with Crippen molar-refractivity contribution in [3.05, 3.63) is 65.2 Å². The van der Waals surface area contributed by atoms with E-state index < -0.39 is 0 Å². The second-order valence-electron chi connectivity index (χ2n) is 7.65. The van der Waals surface area contributed by atoms with Crippen molar-refractivity contribution in [2.24, 2.45) is 0 Å². The number of nitrogens with one attached hydrogen (secondary N) is 1. The lowest BCUT2D eigenvalue weighted by Crippen LogP contribution is -2.30. The van der Waals surface area contributed by atoms with E-state index in [1.54, 1.807) is 12.1 Å². The Balaban J connectivity index is 1.32. The van der Waals surface area contributed by atoms with Crippen molar-refractivity contribution in [2.75, 3.05) is 29.9 Å². The van der Waals surface area contributed by atoms with Gasteiger partial charge in [0.1, 0.15) is 5.75 Å². The molecule has 0 radical (unpaired) electrons. The Labute approximate surface area is 187 Å². The Bertz CT molecular complexity index is 1030. The number of rotatable bonds is 6. The first-order valence-corrected chi connectivity index (χ1v) is 10.8. The van der Waals surface area contributed by atoms with E-state index in [1.165, 1.54) is 19.3 Å². The van der Waals surface area contributed by atoms with Gasteiger partial charge in [-0.2, -0.15) is 0 Å². The summed E-state index contributed by atoms with van der Waals surface area (Å²) in [5.41, 5.74) is 3.36. The van der Waals surface area contributed by atoms with Crippen LogP contribution < -0.4 is 15.0 Å². The van der Waals surface area contributed by atoms with Gasteiger partial charge in [0.05, 0.1) is 5.69 Å². The quantitative estimate of drug-likeness (QED) is 0.581. The van der Waals surface area contributed by atoms with Gasteiger partial charge in [-0.1, -0.05) is 23.7 Å². The minimum atomic E-state index is -0.231. The molecule has 1 aliphatic rings. The molecule has 0 saturated carbocycles. The molecular formula is C24H25ClN4O2. The zero-order chi connectivity index (χ0) is 21.6. The van der Waals surface area contributed by atoms with Crippen LogP contribution in [-0.4, -0.2) is 35.8 Å². The number of halogens is 1. The van der Waals surface area contributed by atoms with E-state index in [1.807, 2.05) is 49.4 Å². The van der Waals surface area contributed by atoms with E-state index in [2.05, 4.69) is 20.4 Å². The summed E-state index contributed by atoms with van der Waals surface area (Å²) < 4.78 is 5.54. The van der Waals surface area contributed by atoms with Crippen LogP contribution in [0, 0.1) is 6.92 Å². The fourth-order valence-corrected chi connectivity index (χ4v) is 3.67. The summed E-state index contributed by atoms with van der Waals surface area (Å²) in [5.74, 6) is 1.31. The van der Waals surface area contributed by atoms with Gasteiger partial charge in [-0.05, 0) is 74.2 Å². The number of carbonyl (C=O) groups excluding carboxylic acids is 1. The third-order valence-corrected chi connectivity index (χ3v) is 5.72. The summed E-state index contributed by atoms with van der Waals surface area (Å²) in [6, 6.07) is 16.9. The van der Waals surface area contributed by atoms with Crippen LogP contribution in [0.25, 0.3) is 11.3 Å². The number of amides is 1. The first kappa shape index (κ1) is 21.1. The highest BCUT2D eigenvalue weighted by molar-refractivity contribution is 6.31. The molecule has 1 saturated heterocycles. The SMILES string of the molecule is Cc1cc(OCC(=O)Nc2ccc(-c3ccc(N4CCCCC4)nn3)cc2)ccc1Cl. The lowest BCUT2D eigenvalue weighted by atomic mass is 10.1. The van der Waals surface area contributed by atoms with Crippen LogP contribution >= 0.6 is 11.6 Å². The Kier molecular flexibility index (Phi) is 6.67. The number of carbonyl (C=O) groups is 1. The molecule has 0 bridgehead atoms. The molecule has 1 aliphatic heterocycles. The van der Waals surface area contributed by atoms with Crippen molar-refractivity contribution in [1.29, 1.82) is 0 Å². The van der Waals surface area contributed by atoms with Gasteiger partial charge in [-0.15, -0.1) is 10.2 Å². The third kappa shape index (κ3) is 5.52. The first-order chi connectivity index (χ1) is 15.1. The smallest absolute Gasteiger partial charge is 0.262 e. The van der Waals surface area contributed by atoms with Crippen LogP contribution in [0.15, 0.2) is 54.6 Å². The monoisotopic (exact) mass is 436 g/mol. The van der Waals surface area contributed by atoms with E-state index in [0.717, 1.165) is 35.7 Å². The third-order valence-electron chi connectivity index (χ3n) is 5.29. The molecule has 4 rings (SSSR count). The molecule has 31 heavy (non-hydrogen) atoms. The number of hydrogen-bond donors (Lipinski definition) is 1. The Morgan fingerprint density at radius 2 is 1.81 bits per heavy atom. The average Bonchev–Trinajstić information content (AvgIpc) is 2.81. The highest BCUT2D eigenvalue weighted by Gasteiger charge is 2.13. The Hall–Kier alpha value is -3.12. The number of hydrogen-bond acceptors (Lipinski definition) is 5. The molecule has 160 valence electrons. The molecule has 1 fully saturated rings. The summed E-state index contributed by atoms with van der Waals surface area (Å²) in [6.45, 7) is 3.90. The highest BCUT2D eigenvalue weighted by atomic mass is 35.5. The van der Waals surface area contributed by atoms with E-state index >= 15 is 0 Å². The van der Waals surface area contributed by atoms with Crippen molar-refractivity contribution in [1.82, 2.24) is 10.2 Å². The zero-order valence-electron chi connectivity index (χ0n) is 17.5. The number of piperidine rings is 1. The van der Waals surface area contributed by atoms with Crippen LogP contribution in [0.3, 0.4) is 0 Å². The summed E-state index contributed by atoms with van der Waals surface area (Å²) in [5, 5.41) is 12.3. The second kappa shape index (κ2) is 9.79. The van der Waals surface area contributed by atoms with Crippen molar-refractivity contribution >= 4 is 29.0 Å². The molecule has 6 nitrogen and oxygen atoms in total. The molecule has 3 aromatic rings. The van der Waals surface area contributed by atoms with Crippen LogP contribution in [0.2, 0.25) is 5.02 Å². The summed E-state index contributed by atoms with van der Waals surface area (Å²) in [4.78, 5) is 14.5. The van der Waals surface area contributed by atoms with Crippen molar-refractivity contribution in [3.8, 4) is 17.0 Å². The fraction of sp³-hybridized carbons (Fsp3) is 0.292. The molecular weight excluding hydrogens is 412 g/mol. The van der Waals surface area contributed by atoms with E-state index in [4.69, 9.17) is 16.3 Å². The number of benzene rings is 2. The average molecular weight is 437 g/mol. The maximum Gasteiger partial charge on any atom is 0.262 e. The molecule has 7 heteroatoms. The normalized spacial score (nSPS) is 13.7. The van der Waals surface area contributed by atoms with Crippen LogP contribution in [0.1, 0.15) is 24.8 Å².